The highest BCUT2D eigenvalue weighted by atomic mass is 35.5. The summed E-state index contributed by atoms with van der Waals surface area (Å²) >= 11 is 5.74. The number of hydrogen-bond acceptors (Lipinski definition) is 1. The summed E-state index contributed by atoms with van der Waals surface area (Å²) in [6.45, 7) is 0. The Morgan fingerprint density at radius 2 is 1.50 bits per heavy atom. The van der Waals surface area contributed by atoms with Crippen LogP contribution < -0.4 is 5.32 Å². The number of para-hydroxylation sites is 1. The highest BCUT2D eigenvalue weighted by Gasteiger charge is 2.03. The van der Waals surface area contributed by atoms with Gasteiger partial charge < -0.3 is 5.32 Å². The van der Waals surface area contributed by atoms with Gasteiger partial charge in [0.05, 0.1) is 10.7 Å². The molecule has 0 amide bonds. The molecule has 0 bridgehead atoms. The summed E-state index contributed by atoms with van der Waals surface area (Å²) in [5.41, 5.74) is 3.62. The molecule has 1 N–H and O–H groups in total. The van der Waals surface area contributed by atoms with Crippen molar-refractivity contribution in [3.05, 3.63) is 53.6 Å². The minimum absolute atomic E-state index is 0.639. The molecule has 0 fully saturated rings. The Bertz CT molecular complexity index is 502. The van der Waals surface area contributed by atoms with Crippen molar-refractivity contribution in [2.75, 3.05) is 5.32 Å². The second kappa shape index (κ2) is 4.74. The van der Waals surface area contributed by atoms with Crippen LogP contribution in [0.1, 0.15) is 0 Å². The van der Waals surface area contributed by atoms with Crippen molar-refractivity contribution in [3.63, 3.8) is 0 Å². The fourth-order valence-corrected chi connectivity index (χ4v) is 1.49. The summed E-state index contributed by atoms with van der Waals surface area (Å²) in [6, 6.07) is 18.1. The van der Waals surface area contributed by atoms with Crippen LogP contribution >= 0.6 is 11.6 Å². The van der Waals surface area contributed by atoms with Crippen LogP contribution in [0.4, 0.5) is 5.69 Å². The SMILES string of the molecule is C#CNc1ccccc1Cl.c1cc2ccc1-2. The number of hydrogen-bond donors (Lipinski definition) is 1. The Morgan fingerprint density at radius 3 is 1.88 bits per heavy atom. The van der Waals surface area contributed by atoms with Gasteiger partial charge in [0.1, 0.15) is 0 Å². The minimum Gasteiger partial charge on any atom is -0.314 e. The maximum atomic E-state index is 5.74. The largest absolute Gasteiger partial charge is 0.314 e. The third-order valence-corrected chi connectivity index (χ3v) is 2.63. The highest BCUT2D eigenvalue weighted by molar-refractivity contribution is 6.33. The third-order valence-electron chi connectivity index (χ3n) is 2.30. The summed E-state index contributed by atoms with van der Waals surface area (Å²) in [5.74, 6) is 0. The molecule has 0 unspecified atom stereocenters. The van der Waals surface area contributed by atoms with Crippen LogP contribution in [0.3, 0.4) is 0 Å². The molecule has 16 heavy (non-hydrogen) atoms. The minimum atomic E-state index is 0.639. The second-order valence-corrected chi connectivity index (χ2v) is 3.73. The smallest absolute Gasteiger partial charge is 0.0646 e. The maximum Gasteiger partial charge on any atom is 0.0646 e. The number of nitrogens with one attached hydrogen (secondary N) is 1. The Labute approximate surface area is 100 Å². The van der Waals surface area contributed by atoms with Crippen LogP contribution in [0, 0.1) is 12.5 Å². The molecule has 0 aliphatic heterocycles. The number of anilines is 1. The molecule has 2 heteroatoms. The van der Waals surface area contributed by atoms with Gasteiger partial charge in [-0.2, -0.15) is 0 Å². The van der Waals surface area contributed by atoms with Gasteiger partial charge in [-0.25, -0.2) is 0 Å². The first kappa shape index (κ1) is 10.6. The average molecular weight is 228 g/mol. The van der Waals surface area contributed by atoms with E-state index >= 15 is 0 Å². The van der Waals surface area contributed by atoms with Crippen molar-refractivity contribution in [1.82, 2.24) is 0 Å². The van der Waals surface area contributed by atoms with Crippen LogP contribution in [0.15, 0.2) is 48.5 Å². The Morgan fingerprint density at radius 1 is 0.938 bits per heavy atom. The summed E-state index contributed by atoms with van der Waals surface area (Å²) in [4.78, 5) is 0. The third kappa shape index (κ3) is 2.18. The van der Waals surface area contributed by atoms with Gasteiger partial charge >= 0.3 is 0 Å². The summed E-state index contributed by atoms with van der Waals surface area (Å²) in [6.07, 6.45) is 5.01. The normalized spacial score (nSPS) is 9.50. The Balaban J connectivity index is 0.000000134. The van der Waals surface area contributed by atoms with Gasteiger partial charge in [-0.1, -0.05) is 54.4 Å². The van der Waals surface area contributed by atoms with E-state index in [0.717, 1.165) is 5.69 Å². The monoisotopic (exact) mass is 227 g/mol. The molecule has 2 aliphatic carbocycles. The lowest BCUT2D eigenvalue weighted by Gasteiger charge is -2.10. The number of rotatable bonds is 1. The average Bonchev–Trinajstić information content (AvgIpc) is 2.28. The predicted molar refractivity (Wildman–Crippen MR) is 69.3 cm³/mol. The van der Waals surface area contributed by atoms with Crippen molar-refractivity contribution in [3.8, 4) is 23.6 Å². The van der Waals surface area contributed by atoms with Crippen LogP contribution in [0.2, 0.25) is 5.02 Å². The van der Waals surface area contributed by atoms with E-state index in [2.05, 4.69) is 35.6 Å². The molecule has 3 rings (SSSR count). The van der Waals surface area contributed by atoms with Crippen LogP contribution in [-0.2, 0) is 0 Å². The lowest BCUT2D eigenvalue weighted by Crippen LogP contribution is -1.86. The fraction of sp³-hybridized carbons (Fsp3) is 0. The van der Waals surface area contributed by atoms with E-state index in [1.807, 2.05) is 18.2 Å². The Kier molecular flexibility index (Phi) is 3.14. The molecule has 0 saturated heterocycles. The van der Waals surface area contributed by atoms with Gasteiger partial charge in [-0.15, -0.1) is 0 Å². The van der Waals surface area contributed by atoms with Crippen LogP contribution in [0.25, 0.3) is 11.1 Å². The molecule has 0 heterocycles. The lowest BCUT2D eigenvalue weighted by molar-refractivity contribution is 1.55. The quantitative estimate of drug-likeness (QED) is 0.489. The molecule has 78 valence electrons. The fourth-order valence-electron chi connectivity index (χ4n) is 1.30. The number of halogens is 1. The molecule has 0 saturated carbocycles. The molecule has 0 atom stereocenters. The van der Waals surface area contributed by atoms with Crippen molar-refractivity contribution in [2.24, 2.45) is 0 Å². The summed E-state index contributed by atoms with van der Waals surface area (Å²) < 4.78 is 0. The van der Waals surface area contributed by atoms with E-state index in [-0.39, 0.29) is 0 Å². The summed E-state index contributed by atoms with van der Waals surface area (Å²) in [5, 5.41) is 3.31. The van der Waals surface area contributed by atoms with E-state index in [9.17, 15) is 0 Å². The predicted octanol–water partition coefficient (Wildman–Crippen LogP) is 4.01. The van der Waals surface area contributed by atoms with E-state index < -0.39 is 0 Å². The zero-order valence-corrected chi connectivity index (χ0v) is 9.33. The number of fused-ring (bicyclic) bond motifs is 1. The van der Waals surface area contributed by atoms with Crippen molar-refractivity contribution in [2.45, 2.75) is 0 Å². The standard InChI is InChI=1S/C8H6ClN.C6H4/c1-2-10-8-6-4-3-5-7(8)9;1-2-6-4-3-5(1)6/h1,3-6,10H;1-4H. The van der Waals surface area contributed by atoms with Gasteiger partial charge in [0.25, 0.3) is 0 Å². The van der Waals surface area contributed by atoms with Crippen molar-refractivity contribution in [1.29, 1.82) is 0 Å². The lowest BCUT2D eigenvalue weighted by atomic mass is 9.95. The van der Waals surface area contributed by atoms with Gasteiger partial charge in [-0.3, -0.25) is 0 Å². The molecule has 2 aliphatic rings. The van der Waals surface area contributed by atoms with Gasteiger partial charge in [0.15, 0.2) is 0 Å². The van der Waals surface area contributed by atoms with Crippen LogP contribution in [-0.4, -0.2) is 0 Å². The molecule has 1 nitrogen and oxygen atoms in total. The van der Waals surface area contributed by atoms with E-state index in [4.69, 9.17) is 18.0 Å². The van der Waals surface area contributed by atoms with E-state index in [1.54, 1.807) is 6.07 Å². The van der Waals surface area contributed by atoms with E-state index in [1.165, 1.54) is 11.1 Å². The number of terminal acetylenes is 1. The topological polar surface area (TPSA) is 12.0 Å². The molecule has 0 aromatic heterocycles. The van der Waals surface area contributed by atoms with Crippen molar-refractivity contribution < 1.29 is 0 Å². The number of benzene rings is 2. The van der Waals surface area contributed by atoms with Gasteiger partial charge in [0.2, 0.25) is 0 Å². The molecule has 1 aromatic carbocycles. The zero-order chi connectivity index (χ0) is 11.4. The van der Waals surface area contributed by atoms with E-state index in [0.29, 0.717) is 5.02 Å². The van der Waals surface area contributed by atoms with Gasteiger partial charge in [-0.05, 0) is 23.3 Å². The molecular weight excluding hydrogens is 218 g/mol. The van der Waals surface area contributed by atoms with Crippen molar-refractivity contribution >= 4 is 17.3 Å². The molecular formula is C14H10ClN. The first-order valence-corrected chi connectivity index (χ1v) is 5.25. The summed E-state index contributed by atoms with van der Waals surface area (Å²) in [7, 11) is 0. The van der Waals surface area contributed by atoms with Crippen LogP contribution in [0.5, 0.6) is 0 Å². The van der Waals surface area contributed by atoms with Gasteiger partial charge in [0, 0.05) is 6.04 Å². The molecule has 0 spiro atoms. The second-order valence-electron chi connectivity index (χ2n) is 3.33. The maximum absolute atomic E-state index is 5.74. The highest BCUT2D eigenvalue weighted by Crippen LogP contribution is 2.29. The first-order chi connectivity index (χ1) is 7.81. The molecule has 1 aromatic rings. The zero-order valence-electron chi connectivity index (χ0n) is 8.57. The first-order valence-electron chi connectivity index (χ1n) is 4.88. The Hall–Kier alpha value is -1.91. The molecule has 0 radical (unpaired) electrons.